The number of aryl methyl sites for hydroxylation is 1. The van der Waals surface area contributed by atoms with Gasteiger partial charge in [0, 0.05) is 0 Å². The summed E-state index contributed by atoms with van der Waals surface area (Å²) >= 11 is 0. The predicted octanol–water partition coefficient (Wildman–Crippen LogP) is 1.25. The number of hydrogen-bond acceptors (Lipinski definition) is 5. The van der Waals surface area contributed by atoms with Crippen molar-refractivity contribution < 1.29 is 19.0 Å². The third-order valence-corrected chi connectivity index (χ3v) is 2.86. The number of carbonyl (C=O) groups excluding carboxylic acids is 1. The van der Waals surface area contributed by atoms with Crippen LogP contribution in [0.2, 0.25) is 0 Å². The number of aromatic nitrogens is 3. The van der Waals surface area contributed by atoms with Crippen LogP contribution < -0.4 is 0 Å². The lowest BCUT2D eigenvalue weighted by atomic mass is 10.0. The second-order valence-electron chi connectivity index (χ2n) is 4.30. The van der Waals surface area contributed by atoms with Crippen molar-refractivity contribution in [3.05, 3.63) is 47.3 Å². The highest BCUT2D eigenvalue weighted by Crippen LogP contribution is 2.19. The van der Waals surface area contributed by atoms with E-state index in [0.29, 0.717) is 11.1 Å². The molecule has 2 rings (SSSR count). The summed E-state index contributed by atoms with van der Waals surface area (Å²) in [5, 5.41) is 14.0. The molecule has 1 N–H and O–H groups in total. The predicted molar refractivity (Wildman–Crippen MR) is 67.5 cm³/mol. The van der Waals surface area contributed by atoms with Crippen LogP contribution in [0.3, 0.4) is 0 Å². The van der Waals surface area contributed by atoms with Gasteiger partial charge in [0.15, 0.2) is 0 Å². The summed E-state index contributed by atoms with van der Waals surface area (Å²) in [7, 11) is 1.24. The van der Waals surface area contributed by atoms with Gasteiger partial charge >= 0.3 is 5.97 Å². The maximum Gasteiger partial charge on any atom is 0.377 e. The first kappa shape index (κ1) is 14.1. The minimum absolute atomic E-state index is 0.0736. The van der Waals surface area contributed by atoms with Gasteiger partial charge in [-0.3, -0.25) is 0 Å². The summed E-state index contributed by atoms with van der Waals surface area (Å²) < 4.78 is 18.8. The van der Waals surface area contributed by atoms with Crippen LogP contribution in [0.4, 0.5) is 4.39 Å². The van der Waals surface area contributed by atoms with Crippen molar-refractivity contribution in [1.29, 1.82) is 0 Å². The summed E-state index contributed by atoms with van der Waals surface area (Å²) in [6.45, 7) is 1.82. The zero-order valence-electron chi connectivity index (χ0n) is 11.1. The maximum atomic E-state index is 13.0. The normalized spacial score (nSPS) is 12.2. The van der Waals surface area contributed by atoms with Gasteiger partial charge in [-0.1, -0.05) is 6.07 Å². The van der Waals surface area contributed by atoms with E-state index in [0.717, 1.165) is 0 Å². The molecule has 0 aliphatic carbocycles. The van der Waals surface area contributed by atoms with E-state index in [-0.39, 0.29) is 18.2 Å². The van der Waals surface area contributed by atoms with Gasteiger partial charge in [0.1, 0.15) is 12.1 Å². The largest absolute Gasteiger partial charge is 0.463 e. The van der Waals surface area contributed by atoms with E-state index in [1.165, 1.54) is 36.3 Å². The Hall–Kier alpha value is -2.28. The van der Waals surface area contributed by atoms with E-state index in [9.17, 15) is 14.3 Å². The average molecular weight is 279 g/mol. The van der Waals surface area contributed by atoms with Crippen molar-refractivity contribution in [2.75, 3.05) is 7.11 Å². The summed E-state index contributed by atoms with van der Waals surface area (Å²) in [4.78, 5) is 15.0. The van der Waals surface area contributed by atoms with Crippen molar-refractivity contribution in [2.45, 2.75) is 19.6 Å². The lowest BCUT2D eigenvalue weighted by Gasteiger charge is -2.13. The third kappa shape index (κ3) is 3.00. The number of carbonyl (C=O) groups is 1. The molecule has 0 radical (unpaired) electrons. The molecule has 0 bridgehead atoms. The van der Waals surface area contributed by atoms with E-state index >= 15 is 0 Å². The second kappa shape index (κ2) is 5.79. The fraction of sp³-hybridized carbons (Fsp3) is 0.308. The topological polar surface area (TPSA) is 77.2 Å². The lowest BCUT2D eigenvalue weighted by Crippen LogP contribution is -2.12. The highest BCUT2D eigenvalue weighted by molar-refractivity contribution is 5.84. The van der Waals surface area contributed by atoms with E-state index in [1.54, 1.807) is 6.92 Å². The number of aliphatic hydroxyl groups is 1. The van der Waals surface area contributed by atoms with Crippen molar-refractivity contribution in [3.8, 4) is 0 Å². The maximum absolute atomic E-state index is 13.0. The molecule has 1 aromatic heterocycles. The van der Waals surface area contributed by atoms with Crippen LogP contribution in [0.5, 0.6) is 0 Å². The number of methoxy groups -OCH3 is 1. The van der Waals surface area contributed by atoms with Crippen LogP contribution in [0.15, 0.2) is 24.5 Å². The van der Waals surface area contributed by atoms with Crippen LogP contribution in [-0.2, 0) is 11.3 Å². The number of halogens is 1. The first-order chi connectivity index (χ1) is 9.51. The molecule has 1 heterocycles. The lowest BCUT2D eigenvalue weighted by molar-refractivity contribution is 0.0585. The van der Waals surface area contributed by atoms with E-state index in [1.807, 2.05) is 0 Å². The molecular formula is C13H14FN3O3. The Kier molecular flexibility index (Phi) is 4.09. The molecule has 0 saturated carbocycles. The number of hydrogen-bond donors (Lipinski definition) is 1. The van der Waals surface area contributed by atoms with Gasteiger partial charge in [0.2, 0.25) is 0 Å². The van der Waals surface area contributed by atoms with Gasteiger partial charge in [-0.05, 0) is 30.2 Å². The first-order valence-corrected chi connectivity index (χ1v) is 5.93. The molecule has 106 valence electrons. The Morgan fingerprint density at radius 3 is 2.95 bits per heavy atom. The number of rotatable bonds is 4. The van der Waals surface area contributed by atoms with Crippen molar-refractivity contribution in [1.82, 2.24) is 14.8 Å². The number of aliphatic hydroxyl groups excluding tert-OH is 1. The molecule has 1 unspecified atom stereocenters. The SMILES string of the molecule is COC(=O)c1ncn(CC(O)c2ccc(F)cc2C)n1. The summed E-state index contributed by atoms with van der Waals surface area (Å²) in [5.74, 6) is -1.07. The third-order valence-electron chi connectivity index (χ3n) is 2.86. The van der Waals surface area contributed by atoms with Gasteiger partial charge in [-0.15, -0.1) is 5.10 Å². The first-order valence-electron chi connectivity index (χ1n) is 5.93. The molecule has 20 heavy (non-hydrogen) atoms. The molecule has 7 heteroatoms. The molecule has 6 nitrogen and oxygen atoms in total. The highest BCUT2D eigenvalue weighted by Gasteiger charge is 2.15. The number of nitrogens with zero attached hydrogens (tertiary/aromatic N) is 3. The van der Waals surface area contributed by atoms with Crippen LogP contribution >= 0.6 is 0 Å². The van der Waals surface area contributed by atoms with Crippen LogP contribution in [0, 0.1) is 12.7 Å². The monoisotopic (exact) mass is 279 g/mol. The Bertz CT molecular complexity index is 627. The average Bonchev–Trinajstić information content (AvgIpc) is 2.86. The van der Waals surface area contributed by atoms with Gasteiger partial charge in [-0.2, -0.15) is 0 Å². The van der Waals surface area contributed by atoms with E-state index in [2.05, 4.69) is 14.8 Å². The van der Waals surface area contributed by atoms with Crippen LogP contribution in [0.1, 0.15) is 27.8 Å². The van der Waals surface area contributed by atoms with E-state index < -0.39 is 12.1 Å². The molecule has 0 fully saturated rings. The molecule has 0 saturated heterocycles. The van der Waals surface area contributed by atoms with Crippen molar-refractivity contribution >= 4 is 5.97 Å². The second-order valence-corrected chi connectivity index (χ2v) is 4.30. The highest BCUT2D eigenvalue weighted by atomic mass is 19.1. The minimum atomic E-state index is -0.872. The molecular weight excluding hydrogens is 265 g/mol. The molecule has 0 spiro atoms. The Morgan fingerprint density at radius 2 is 2.30 bits per heavy atom. The summed E-state index contributed by atoms with van der Waals surface area (Å²) in [5.41, 5.74) is 1.24. The number of ether oxygens (including phenoxy) is 1. The van der Waals surface area contributed by atoms with Gasteiger partial charge in [-0.25, -0.2) is 18.9 Å². The quantitative estimate of drug-likeness (QED) is 0.852. The number of esters is 1. The molecule has 2 aromatic rings. The van der Waals surface area contributed by atoms with Crippen LogP contribution in [0.25, 0.3) is 0 Å². The van der Waals surface area contributed by atoms with Gasteiger partial charge in [0.05, 0.1) is 19.8 Å². The Labute approximate surface area is 114 Å². The molecule has 0 amide bonds. The molecule has 0 aliphatic rings. The summed E-state index contributed by atoms with van der Waals surface area (Å²) in [6, 6.07) is 4.15. The van der Waals surface area contributed by atoms with Gasteiger partial charge < -0.3 is 9.84 Å². The van der Waals surface area contributed by atoms with E-state index in [4.69, 9.17) is 0 Å². The van der Waals surface area contributed by atoms with Crippen molar-refractivity contribution in [3.63, 3.8) is 0 Å². The summed E-state index contributed by atoms with van der Waals surface area (Å²) in [6.07, 6.45) is 0.455. The zero-order valence-corrected chi connectivity index (χ0v) is 11.1. The Balaban J connectivity index is 2.13. The smallest absolute Gasteiger partial charge is 0.377 e. The zero-order chi connectivity index (χ0) is 14.7. The van der Waals surface area contributed by atoms with Crippen LogP contribution in [-0.4, -0.2) is 33.0 Å². The number of benzene rings is 1. The molecule has 1 aromatic carbocycles. The molecule has 1 atom stereocenters. The minimum Gasteiger partial charge on any atom is -0.463 e. The molecule has 0 aliphatic heterocycles. The van der Waals surface area contributed by atoms with Gasteiger partial charge in [0.25, 0.3) is 5.82 Å². The van der Waals surface area contributed by atoms with Crippen molar-refractivity contribution in [2.24, 2.45) is 0 Å². The fourth-order valence-corrected chi connectivity index (χ4v) is 1.86. The standard InChI is InChI=1S/C13H14FN3O3/c1-8-5-9(14)3-4-10(8)11(18)6-17-7-15-12(16-17)13(19)20-2/h3-5,7,11,18H,6H2,1-2H3. The fourth-order valence-electron chi connectivity index (χ4n) is 1.86. The Morgan fingerprint density at radius 1 is 1.55 bits per heavy atom.